The van der Waals surface area contributed by atoms with Gasteiger partial charge in [-0.25, -0.2) is 0 Å². The van der Waals surface area contributed by atoms with E-state index in [1.54, 1.807) is 0 Å². The number of hydrogen-bond donors (Lipinski definition) is 1. The van der Waals surface area contributed by atoms with Crippen molar-refractivity contribution in [2.45, 2.75) is 38.6 Å². The number of rotatable bonds is 6. The molecule has 168 valence electrons. The summed E-state index contributed by atoms with van der Waals surface area (Å²) in [7, 11) is 0. The van der Waals surface area contributed by atoms with Crippen LogP contribution in [0.1, 0.15) is 54.0 Å². The van der Waals surface area contributed by atoms with Gasteiger partial charge < -0.3 is 10.1 Å². The van der Waals surface area contributed by atoms with Crippen molar-refractivity contribution >= 4 is 29.2 Å². The molecule has 1 N–H and O–H groups in total. The quantitative estimate of drug-likeness (QED) is 0.301. The second-order valence-corrected chi connectivity index (χ2v) is 9.38. The number of nitrogens with one attached hydrogen (secondary N) is 1. The molecule has 0 saturated carbocycles. The number of benzene rings is 3. The summed E-state index contributed by atoms with van der Waals surface area (Å²) in [5, 5.41) is 4.49. The van der Waals surface area contributed by atoms with E-state index in [0.29, 0.717) is 29.5 Å². The first-order chi connectivity index (χ1) is 16.1. The summed E-state index contributed by atoms with van der Waals surface area (Å²) in [4.78, 5) is 4.69. The van der Waals surface area contributed by atoms with Gasteiger partial charge in [-0.1, -0.05) is 60.5 Å². The first-order valence-corrected chi connectivity index (χ1v) is 12.1. The number of allylic oxidation sites excluding steroid dienone is 2. The van der Waals surface area contributed by atoms with Gasteiger partial charge >= 0.3 is 0 Å². The largest absolute Gasteiger partial charge is 0.493 e. The van der Waals surface area contributed by atoms with Gasteiger partial charge in [-0.15, -0.1) is 0 Å². The molecule has 1 aliphatic carbocycles. The minimum Gasteiger partial charge on any atom is -0.493 e. The van der Waals surface area contributed by atoms with Crippen molar-refractivity contribution < 1.29 is 4.74 Å². The second-order valence-electron chi connectivity index (χ2n) is 8.95. The van der Waals surface area contributed by atoms with E-state index in [-0.39, 0.29) is 0 Å². The third-order valence-corrected chi connectivity index (χ3v) is 6.79. The predicted molar refractivity (Wildman–Crippen MR) is 138 cm³/mol. The van der Waals surface area contributed by atoms with E-state index in [1.807, 2.05) is 24.4 Å². The SMILES string of the molecule is CCCOc1ccc(Cl)cc1C=Nc1ccc([C@@H]2Nc3ccc(C)cc3[C@H]3C=CC[C@H]32)cc1. The van der Waals surface area contributed by atoms with E-state index in [9.17, 15) is 0 Å². The normalized spacial score (nSPS) is 21.0. The highest BCUT2D eigenvalue weighted by Gasteiger charge is 2.37. The van der Waals surface area contributed by atoms with Gasteiger partial charge in [0.25, 0.3) is 0 Å². The molecule has 2 aliphatic rings. The zero-order chi connectivity index (χ0) is 22.8. The monoisotopic (exact) mass is 456 g/mol. The number of fused-ring (bicyclic) bond motifs is 3. The van der Waals surface area contributed by atoms with E-state index in [1.165, 1.54) is 22.4 Å². The van der Waals surface area contributed by atoms with Crippen molar-refractivity contribution in [1.82, 2.24) is 0 Å². The Bertz CT molecular complexity index is 1200. The molecule has 4 heteroatoms. The molecule has 3 aromatic rings. The first kappa shape index (κ1) is 21.8. The Balaban J connectivity index is 1.36. The topological polar surface area (TPSA) is 33.6 Å². The Morgan fingerprint density at radius 3 is 2.76 bits per heavy atom. The van der Waals surface area contributed by atoms with Crippen molar-refractivity contribution in [3.8, 4) is 5.75 Å². The molecular formula is C29H29ClN2O. The number of nitrogens with zero attached hydrogens (tertiary/aromatic N) is 1. The number of ether oxygens (including phenoxy) is 1. The number of aliphatic imine (C=N–C) groups is 1. The lowest BCUT2D eigenvalue weighted by atomic mass is 9.76. The molecule has 1 aliphatic heterocycles. The van der Waals surface area contributed by atoms with Crippen molar-refractivity contribution in [2.24, 2.45) is 10.9 Å². The maximum atomic E-state index is 6.20. The number of aryl methyl sites for hydroxylation is 1. The highest BCUT2D eigenvalue weighted by Crippen LogP contribution is 2.50. The van der Waals surface area contributed by atoms with Crippen molar-refractivity contribution in [3.63, 3.8) is 0 Å². The molecule has 0 amide bonds. The van der Waals surface area contributed by atoms with Crippen molar-refractivity contribution in [1.29, 1.82) is 0 Å². The van der Waals surface area contributed by atoms with Crippen LogP contribution in [0, 0.1) is 12.8 Å². The van der Waals surface area contributed by atoms with E-state index in [4.69, 9.17) is 16.3 Å². The summed E-state index contributed by atoms with van der Waals surface area (Å²) >= 11 is 6.20. The Labute approximate surface area is 201 Å². The minimum absolute atomic E-state index is 0.292. The zero-order valence-corrected chi connectivity index (χ0v) is 19.8. The highest BCUT2D eigenvalue weighted by molar-refractivity contribution is 6.30. The molecule has 0 radical (unpaired) electrons. The molecule has 3 atom stereocenters. The average Bonchev–Trinajstić information content (AvgIpc) is 3.32. The summed E-state index contributed by atoms with van der Waals surface area (Å²) in [5.41, 5.74) is 7.09. The van der Waals surface area contributed by atoms with Gasteiger partial charge in [0.15, 0.2) is 0 Å². The Morgan fingerprint density at radius 2 is 1.94 bits per heavy atom. The summed E-state index contributed by atoms with van der Waals surface area (Å²) in [6.45, 7) is 4.93. The molecule has 33 heavy (non-hydrogen) atoms. The molecule has 0 saturated heterocycles. The van der Waals surface area contributed by atoms with Gasteiger partial charge in [0.2, 0.25) is 0 Å². The second kappa shape index (κ2) is 9.44. The van der Waals surface area contributed by atoms with Crippen LogP contribution in [0.15, 0.2) is 77.8 Å². The van der Waals surface area contributed by atoms with E-state index in [0.717, 1.165) is 29.8 Å². The van der Waals surface area contributed by atoms with Crippen LogP contribution >= 0.6 is 11.6 Å². The molecule has 0 fully saturated rings. The van der Waals surface area contributed by atoms with E-state index >= 15 is 0 Å². The van der Waals surface area contributed by atoms with Crippen LogP contribution in [-0.4, -0.2) is 12.8 Å². The van der Waals surface area contributed by atoms with E-state index < -0.39 is 0 Å². The molecule has 0 bridgehead atoms. The lowest BCUT2D eigenvalue weighted by Crippen LogP contribution is -2.29. The number of anilines is 1. The third kappa shape index (κ3) is 4.56. The summed E-state index contributed by atoms with van der Waals surface area (Å²) in [6.07, 6.45) is 8.62. The Hall–Kier alpha value is -3.04. The van der Waals surface area contributed by atoms with Crippen LogP contribution in [0.2, 0.25) is 5.02 Å². The van der Waals surface area contributed by atoms with Crippen LogP contribution < -0.4 is 10.1 Å². The summed E-state index contributed by atoms with van der Waals surface area (Å²) in [6, 6.07) is 21.3. The van der Waals surface area contributed by atoms with Crippen molar-refractivity contribution in [3.05, 3.63) is 100 Å². The number of halogens is 1. The molecule has 5 rings (SSSR count). The lowest BCUT2D eigenvalue weighted by molar-refractivity contribution is 0.317. The molecule has 0 aromatic heterocycles. The van der Waals surface area contributed by atoms with Gasteiger partial charge in [0.05, 0.1) is 18.3 Å². The van der Waals surface area contributed by atoms with Gasteiger partial charge in [-0.3, -0.25) is 4.99 Å². The Kier molecular flexibility index (Phi) is 6.24. The van der Waals surface area contributed by atoms with Gasteiger partial charge in [0, 0.05) is 28.4 Å². The summed E-state index contributed by atoms with van der Waals surface area (Å²) < 4.78 is 5.84. The van der Waals surface area contributed by atoms with Crippen LogP contribution in [0.5, 0.6) is 5.75 Å². The summed E-state index contributed by atoms with van der Waals surface area (Å²) in [5.74, 6) is 1.83. The maximum Gasteiger partial charge on any atom is 0.128 e. The smallest absolute Gasteiger partial charge is 0.128 e. The zero-order valence-electron chi connectivity index (χ0n) is 19.1. The average molecular weight is 457 g/mol. The molecule has 1 heterocycles. The van der Waals surface area contributed by atoms with Gasteiger partial charge in [-0.05, 0) is 73.2 Å². The molecule has 0 unspecified atom stereocenters. The van der Waals surface area contributed by atoms with Crippen LogP contribution in [-0.2, 0) is 0 Å². The van der Waals surface area contributed by atoms with Crippen LogP contribution in [0.25, 0.3) is 0 Å². The molecular weight excluding hydrogens is 428 g/mol. The van der Waals surface area contributed by atoms with Gasteiger partial charge in [0.1, 0.15) is 5.75 Å². The first-order valence-electron chi connectivity index (χ1n) is 11.7. The van der Waals surface area contributed by atoms with Gasteiger partial charge in [-0.2, -0.15) is 0 Å². The lowest BCUT2D eigenvalue weighted by Gasteiger charge is -2.37. The highest BCUT2D eigenvalue weighted by atomic mass is 35.5. The van der Waals surface area contributed by atoms with Crippen LogP contribution in [0.4, 0.5) is 11.4 Å². The number of hydrogen-bond acceptors (Lipinski definition) is 3. The molecule has 3 nitrogen and oxygen atoms in total. The van der Waals surface area contributed by atoms with Crippen LogP contribution in [0.3, 0.4) is 0 Å². The molecule has 3 aromatic carbocycles. The molecule has 0 spiro atoms. The fourth-order valence-corrected chi connectivity index (χ4v) is 5.10. The predicted octanol–water partition coefficient (Wildman–Crippen LogP) is 8.01. The standard InChI is InChI=1S/C29H29ClN2O/c1-3-15-33-28-14-10-22(30)17-21(28)18-31-23-11-8-20(9-12-23)29-25-6-4-5-24(25)26-16-19(2)7-13-27(26)32-29/h4-5,7-14,16-18,24-25,29,32H,3,6,15H2,1-2H3/t24-,25+,29-/m0/s1. The van der Waals surface area contributed by atoms with E-state index in [2.05, 4.69) is 78.8 Å². The van der Waals surface area contributed by atoms with Crippen molar-refractivity contribution in [2.75, 3.05) is 11.9 Å². The maximum absolute atomic E-state index is 6.20. The minimum atomic E-state index is 0.292. The third-order valence-electron chi connectivity index (χ3n) is 6.56. The Morgan fingerprint density at radius 1 is 1.09 bits per heavy atom. The fraction of sp³-hybridized carbons (Fsp3) is 0.276. The fourth-order valence-electron chi connectivity index (χ4n) is 4.92.